The first kappa shape index (κ1) is 8.24. The van der Waals surface area contributed by atoms with Gasteiger partial charge in [0.2, 0.25) is 0 Å². The SMILES string of the molecule is CC1CC(=O)C(C(=O)O)C1C. The molecule has 0 amide bonds. The summed E-state index contributed by atoms with van der Waals surface area (Å²) in [6, 6.07) is 0. The van der Waals surface area contributed by atoms with Crippen molar-refractivity contribution in [2.75, 3.05) is 0 Å². The number of carboxylic acids is 1. The zero-order chi connectivity index (χ0) is 8.59. The van der Waals surface area contributed by atoms with Crippen LogP contribution in [-0.2, 0) is 9.59 Å². The Bertz CT molecular complexity index is 198. The molecule has 0 aromatic rings. The molecule has 0 bridgehead atoms. The molecule has 3 atom stereocenters. The third-order valence-electron chi connectivity index (χ3n) is 2.56. The van der Waals surface area contributed by atoms with Crippen LogP contribution < -0.4 is 0 Å². The van der Waals surface area contributed by atoms with Gasteiger partial charge >= 0.3 is 5.97 Å². The zero-order valence-electron chi connectivity index (χ0n) is 6.70. The lowest BCUT2D eigenvalue weighted by atomic mass is 9.93. The average Bonchev–Trinajstić information content (AvgIpc) is 2.07. The molecular weight excluding hydrogens is 144 g/mol. The van der Waals surface area contributed by atoms with Crippen LogP contribution in [0.5, 0.6) is 0 Å². The maximum atomic E-state index is 11.1. The van der Waals surface area contributed by atoms with Crippen molar-refractivity contribution in [3.05, 3.63) is 0 Å². The lowest BCUT2D eigenvalue weighted by Crippen LogP contribution is -2.23. The van der Waals surface area contributed by atoms with E-state index < -0.39 is 11.9 Å². The molecule has 1 fully saturated rings. The molecule has 62 valence electrons. The summed E-state index contributed by atoms with van der Waals surface area (Å²) in [5.41, 5.74) is 0. The summed E-state index contributed by atoms with van der Waals surface area (Å²) in [4.78, 5) is 21.6. The van der Waals surface area contributed by atoms with Crippen LogP contribution in [0.3, 0.4) is 0 Å². The predicted octanol–water partition coefficient (Wildman–Crippen LogP) is 0.932. The molecule has 3 nitrogen and oxygen atoms in total. The molecule has 0 aromatic heterocycles. The molecule has 0 aromatic carbocycles. The van der Waals surface area contributed by atoms with Gasteiger partial charge in [0.1, 0.15) is 11.7 Å². The molecule has 11 heavy (non-hydrogen) atoms. The summed E-state index contributed by atoms with van der Waals surface area (Å²) in [5.74, 6) is -1.60. The van der Waals surface area contributed by atoms with Crippen molar-refractivity contribution in [2.24, 2.45) is 17.8 Å². The van der Waals surface area contributed by atoms with Crippen molar-refractivity contribution in [3.8, 4) is 0 Å². The molecule has 0 aliphatic heterocycles. The summed E-state index contributed by atoms with van der Waals surface area (Å²) < 4.78 is 0. The fourth-order valence-corrected chi connectivity index (χ4v) is 1.61. The number of hydrogen-bond acceptors (Lipinski definition) is 2. The molecule has 0 heterocycles. The maximum absolute atomic E-state index is 11.1. The van der Waals surface area contributed by atoms with Gasteiger partial charge in [-0.25, -0.2) is 0 Å². The third-order valence-corrected chi connectivity index (χ3v) is 2.56. The molecular formula is C8H12O3. The second-order valence-electron chi connectivity index (χ2n) is 3.32. The van der Waals surface area contributed by atoms with Crippen molar-refractivity contribution >= 4 is 11.8 Å². The Labute approximate surface area is 65.4 Å². The van der Waals surface area contributed by atoms with Crippen molar-refractivity contribution in [1.29, 1.82) is 0 Å². The van der Waals surface area contributed by atoms with E-state index in [9.17, 15) is 9.59 Å². The average molecular weight is 156 g/mol. The van der Waals surface area contributed by atoms with E-state index in [4.69, 9.17) is 5.11 Å². The monoisotopic (exact) mass is 156 g/mol. The molecule has 0 spiro atoms. The molecule has 1 aliphatic carbocycles. The summed E-state index contributed by atoms with van der Waals surface area (Å²) >= 11 is 0. The fourth-order valence-electron chi connectivity index (χ4n) is 1.61. The van der Waals surface area contributed by atoms with E-state index in [1.807, 2.05) is 13.8 Å². The van der Waals surface area contributed by atoms with Gasteiger partial charge in [0.15, 0.2) is 0 Å². The quantitative estimate of drug-likeness (QED) is 0.574. The highest BCUT2D eigenvalue weighted by molar-refractivity contribution is 6.00. The molecule has 0 saturated heterocycles. The second-order valence-corrected chi connectivity index (χ2v) is 3.32. The van der Waals surface area contributed by atoms with E-state index in [2.05, 4.69) is 0 Å². The van der Waals surface area contributed by atoms with Gasteiger partial charge in [0, 0.05) is 6.42 Å². The van der Waals surface area contributed by atoms with Gasteiger partial charge in [-0.1, -0.05) is 13.8 Å². The van der Waals surface area contributed by atoms with Gasteiger partial charge in [-0.2, -0.15) is 0 Å². The summed E-state index contributed by atoms with van der Waals surface area (Å²) in [5, 5.41) is 8.65. The van der Waals surface area contributed by atoms with E-state index >= 15 is 0 Å². The van der Waals surface area contributed by atoms with E-state index in [-0.39, 0.29) is 17.6 Å². The number of rotatable bonds is 1. The number of Topliss-reactive ketones (excluding diaryl/α,β-unsaturated/α-hetero) is 1. The number of carbonyl (C=O) groups is 2. The number of ketones is 1. The van der Waals surface area contributed by atoms with E-state index in [1.165, 1.54) is 0 Å². The Hall–Kier alpha value is -0.860. The molecule has 3 unspecified atom stereocenters. The van der Waals surface area contributed by atoms with E-state index in [1.54, 1.807) is 0 Å². The van der Waals surface area contributed by atoms with Crippen LogP contribution in [0.15, 0.2) is 0 Å². The van der Waals surface area contributed by atoms with Gasteiger partial charge in [-0.15, -0.1) is 0 Å². The largest absolute Gasteiger partial charge is 0.481 e. The molecule has 1 aliphatic rings. The summed E-state index contributed by atoms with van der Waals surface area (Å²) in [6.45, 7) is 3.75. The van der Waals surface area contributed by atoms with Crippen molar-refractivity contribution < 1.29 is 14.7 Å². The smallest absolute Gasteiger partial charge is 0.314 e. The van der Waals surface area contributed by atoms with Crippen molar-refractivity contribution in [3.63, 3.8) is 0 Å². The molecule has 0 radical (unpaired) electrons. The van der Waals surface area contributed by atoms with E-state index in [0.29, 0.717) is 6.42 Å². The standard InChI is InChI=1S/C8H12O3/c1-4-3-6(9)7(5(4)2)8(10)11/h4-5,7H,3H2,1-2H3,(H,10,11). The van der Waals surface area contributed by atoms with E-state index in [0.717, 1.165) is 0 Å². The lowest BCUT2D eigenvalue weighted by Gasteiger charge is -2.11. The van der Waals surface area contributed by atoms with Crippen LogP contribution in [0.4, 0.5) is 0 Å². The zero-order valence-corrected chi connectivity index (χ0v) is 6.70. The topological polar surface area (TPSA) is 54.4 Å². The van der Waals surface area contributed by atoms with Gasteiger partial charge in [-0.3, -0.25) is 9.59 Å². The van der Waals surface area contributed by atoms with Gasteiger partial charge in [-0.05, 0) is 11.8 Å². The minimum Gasteiger partial charge on any atom is -0.481 e. The van der Waals surface area contributed by atoms with Crippen LogP contribution in [0.1, 0.15) is 20.3 Å². The Morgan fingerprint density at radius 2 is 2.09 bits per heavy atom. The molecule has 1 saturated carbocycles. The minimum absolute atomic E-state index is 0.000000000000000444. The van der Waals surface area contributed by atoms with Gasteiger partial charge in [0.05, 0.1) is 0 Å². The second kappa shape index (κ2) is 2.64. The first-order chi connectivity index (χ1) is 5.04. The highest BCUT2D eigenvalue weighted by Crippen LogP contribution is 2.33. The summed E-state index contributed by atoms with van der Waals surface area (Å²) in [6.07, 6.45) is 0.429. The van der Waals surface area contributed by atoms with Crippen LogP contribution in [0.2, 0.25) is 0 Å². The van der Waals surface area contributed by atoms with Crippen LogP contribution in [0.25, 0.3) is 0 Å². The fraction of sp³-hybridized carbons (Fsp3) is 0.750. The van der Waals surface area contributed by atoms with Crippen LogP contribution in [0, 0.1) is 17.8 Å². The Morgan fingerprint density at radius 1 is 1.55 bits per heavy atom. The number of carboxylic acid groups (broad SMARTS) is 1. The highest BCUT2D eigenvalue weighted by Gasteiger charge is 2.41. The van der Waals surface area contributed by atoms with Crippen LogP contribution >= 0.6 is 0 Å². The molecule has 3 heteroatoms. The number of aliphatic carboxylic acids is 1. The molecule has 1 N–H and O–H groups in total. The third kappa shape index (κ3) is 1.27. The first-order valence-corrected chi connectivity index (χ1v) is 3.79. The minimum atomic E-state index is -0.966. The lowest BCUT2D eigenvalue weighted by molar-refractivity contribution is -0.146. The van der Waals surface area contributed by atoms with Gasteiger partial charge in [0.25, 0.3) is 0 Å². The van der Waals surface area contributed by atoms with Crippen molar-refractivity contribution in [2.45, 2.75) is 20.3 Å². The van der Waals surface area contributed by atoms with Crippen LogP contribution in [-0.4, -0.2) is 16.9 Å². The Morgan fingerprint density at radius 3 is 2.27 bits per heavy atom. The predicted molar refractivity (Wildman–Crippen MR) is 39.1 cm³/mol. The normalized spacial score (nSPS) is 37.6. The molecule has 1 rings (SSSR count). The van der Waals surface area contributed by atoms with Crippen molar-refractivity contribution in [1.82, 2.24) is 0 Å². The maximum Gasteiger partial charge on any atom is 0.314 e. The van der Waals surface area contributed by atoms with Gasteiger partial charge < -0.3 is 5.11 Å². The Kier molecular flexibility index (Phi) is 1.98. The number of hydrogen-bond donors (Lipinski definition) is 1. The Balaban J connectivity index is 2.79. The summed E-state index contributed by atoms with van der Waals surface area (Å²) in [7, 11) is 0. The highest BCUT2D eigenvalue weighted by atomic mass is 16.4. The first-order valence-electron chi connectivity index (χ1n) is 3.79. The number of carbonyl (C=O) groups excluding carboxylic acids is 1.